The zero-order valence-electron chi connectivity index (χ0n) is 26.2. The Morgan fingerprint density at radius 1 is 0.902 bits per heavy atom. The van der Waals surface area contributed by atoms with Crippen molar-refractivity contribution in [1.29, 1.82) is 0 Å². The van der Waals surface area contributed by atoms with Gasteiger partial charge in [-0.3, -0.25) is 4.79 Å². The van der Waals surface area contributed by atoms with E-state index in [9.17, 15) is 4.79 Å². The van der Waals surface area contributed by atoms with Crippen molar-refractivity contribution >= 4 is 24.5 Å². The molecule has 0 saturated heterocycles. The molecule has 2 fully saturated rings. The second-order valence-corrected chi connectivity index (χ2v) is 19.6. The van der Waals surface area contributed by atoms with E-state index < -0.39 is 8.32 Å². The van der Waals surface area contributed by atoms with Gasteiger partial charge in [0.2, 0.25) is 0 Å². The largest absolute Gasteiger partial charge is 0.407 e. The van der Waals surface area contributed by atoms with Crippen LogP contribution in [0.1, 0.15) is 80.1 Å². The van der Waals surface area contributed by atoms with Crippen LogP contribution in [0.4, 0.5) is 0 Å². The van der Waals surface area contributed by atoms with E-state index in [-0.39, 0.29) is 10.5 Å². The average Bonchev–Trinajstić information content (AvgIpc) is 3.31. The van der Waals surface area contributed by atoms with Gasteiger partial charge >= 0.3 is 0 Å². The lowest BCUT2D eigenvalue weighted by Gasteiger charge is -2.56. The van der Waals surface area contributed by atoms with E-state index in [0.29, 0.717) is 34.9 Å². The summed E-state index contributed by atoms with van der Waals surface area (Å²) in [4.78, 5) is 12.2. The third kappa shape index (κ3) is 4.57. The maximum atomic E-state index is 12.2. The summed E-state index contributed by atoms with van der Waals surface area (Å²) in [5.74, 6) is 3.55. The van der Waals surface area contributed by atoms with Crippen LogP contribution in [-0.4, -0.2) is 20.7 Å². The third-order valence-electron chi connectivity index (χ3n) is 12.3. The van der Waals surface area contributed by atoms with Gasteiger partial charge in [-0.15, -0.1) is 0 Å². The van der Waals surface area contributed by atoms with Crippen molar-refractivity contribution in [3.8, 4) is 0 Å². The highest BCUT2D eigenvalue weighted by Gasteiger charge is 2.59. The number of fused-ring (bicyclic) bond motifs is 5. The van der Waals surface area contributed by atoms with E-state index in [2.05, 4.69) is 114 Å². The fraction of sp³-hybridized carbons (Fsp3) is 0.553. The van der Waals surface area contributed by atoms with Crippen LogP contribution >= 0.6 is 0 Å². The molecule has 6 rings (SSSR count). The summed E-state index contributed by atoms with van der Waals surface area (Å²) in [6.45, 7) is 15.5. The maximum Gasteiger partial charge on any atom is 0.261 e. The number of carbonyl (C=O) groups is 1. The van der Waals surface area contributed by atoms with Crippen LogP contribution in [0.5, 0.6) is 0 Å². The maximum absolute atomic E-state index is 12.2. The molecule has 41 heavy (non-hydrogen) atoms. The Balaban J connectivity index is 1.27. The van der Waals surface area contributed by atoms with Crippen molar-refractivity contribution < 1.29 is 9.22 Å². The van der Waals surface area contributed by atoms with Crippen LogP contribution in [0.15, 0.2) is 84.5 Å². The number of hydrogen-bond donors (Lipinski definition) is 0. The normalized spacial score (nSPS) is 33.9. The second-order valence-electron chi connectivity index (χ2n) is 15.3. The van der Waals surface area contributed by atoms with Crippen molar-refractivity contribution in [3.05, 3.63) is 84.5 Å². The average molecular weight is 567 g/mol. The minimum absolute atomic E-state index is 0.00450. The fourth-order valence-electron chi connectivity index (χ4n) is 10.1. The monoisotopic (exact) mass is 566 g/mol. The van der Waals surface area contributed by atoms with Crippen LogP contribution in [0.2, 0.25) is 5.04 Å². The Bertz CT molecular complexity index is 1280. The van der Waals surface area contributed by atoms with E-state index >= 15 is 0 Å². The number of carbonyl (C=O) groups excluding carboxylic acids is 1. The van der Waals surface area contributed by atoms with E-state index in [1.54, 1.807) is 0 Å². The summed E-state index contributed by atoms with van der Waals surface area (Å²) in [7, 11) is -2.54. The highest BCUT2D eigenvalue weighted by atomic mass is 28.4. The molecule has 0 aromatic heterocycles. The molecule has 0 heterocycles. The molecule has 0 bridgehead atoms. The van der Waals surface area contributed by atoms with Crippen LogP contribution in [0.25, 0.3) is 0 Å². The third-order valence-corrected chi connectivity index (χ3v) is 17.3. The zero-order valence-corrected chi connectivity index (χ0v) is 27.2. The molecular weight excluding hydrogens is 517 g/mol. The van der Waals surface area contributed by atoms with Crippen molar-refractivity contribution in [3.63, 3.8) is 0 Å². The summed E-state index contributed by atoms with van der Waals surface area (Å²) in [6.07, 6.45) is 13.8. The molecule has 4 aliphatic carbocycles. The predicted octanol–water partition coefficient (Wildman–Crippen LogP) is 8.12. The minimum Gasteiger partial charge on any atom is -0.407 e. The first-order valence-electron chi connectivity index (χ1n) is 16.2. The van der Waals surface area contributed by atoms with Crippen LogP contribution in [0, 0.1) is 40.4 Å². The summed E-state index contributed by atoms with van der Waals surface area (Å²) in [5, 5.41) is 2.75. The molecule has 2 nitrogen and oxygen atoms in total. The molecular formula is C38H50O2Si. The molecule has 2 aromatic rings. The van der Waals surface area contributed by atoms with Crippen molar-refractivity contribution in [1.82, 2.24) is 0 Å². The van der Waals surface area contributed by atoms with Gasteiger partial charge in [-0.25, -0.2) is 0 Å². The van der Waals surface area contributed by atoms with Crippen molar-refractivity contribution in [2.75, 3.05) is 6.61 Å². The van der Waals surface area contributed by atoms with Gasteiger partial charge in [0.15, 0.2) is 5.78 Å². The van der Waals surface area contributed by atoms with E-state index in [4.69, 9.17) is 4.43 Å². The molecule has 7 atom stereocenters. The van der Waals surface area contributed by atoms with E-state index in [1.165, 1.54) is 41.6 Å². The van der Waals surface area contributed by atoms with E-state index in [0.717, 1.165) is 25.4 Å². The first kappa shape index (κ1) is 28.9. The van der Waals surface area contributed by atoms with Gasteiger partial charge in [0, 0.05) is 13.0 Å². The van der Waals surface area contributed by atoms with Crippen LogP contribution in [0.3, 0.4) is 0 Å². The first-order valence-corrected chi connectivity index (χ1v) is 18.1. The Hall–Kier alpha value is -2.23. The lowest BCUT2D eigenvalue weighted by atomic mass is 9.48. The van der Waals surface area contributed by atoms with Crippen LogP contribution < -0.4 is 10.4 Å². The minimum atomic E-state index is -2.54. The fourth-order valence-corrected chi connectivity index (χ4v) is 14.8. The number of rotatable bonds is 6. The zero-order chi connectivity index (χ0) is 29.0. The van der Waals surface area contributed by atoms with Crippen molar-refractivity contribution in [2.24, 2.45) is 40.4 Å². The number of hydrogen-bond acceptors (Lipinski definition) is 2. The highest BCUT2D eigenvalue weighted by Crippen LogP contribution is 2.66. The smallest absolute Gasteiger partial charge is 0.261 e. The summed E-state index contributed by atoms with van der Waals surface area (Å²) >= 11 is 0. The number of benzene rings is 2. The van der Waals surface area contributed by atoms with Crippen molar-refractivity contribution in [2.45, 2.75) is 85.1 Å². The van der Waals surface area contributed by atoms with Gasteiger partial charge in [0.25, 0.3) is 8.32 Å². The molecule has 2 saturated carbocycles. The van der Waals surface area contributed by atoms with E-state index in [1.807, 2.05) is 6.08 Å². The van der Waals surface area contributed by atoms with Crippen LogP contribution in [-0.2, 0) is 9.22 Å². The molecule has 4 aliphatic rings. The van der Waals surface area contributed by atoms with Gasteiger partial charge in [0.1, 0.15) is 0 Å². The van der Waals surface area contributed by atoms with Gasteiger partial charge in [-0.1, -0.05) is 114 Å². The van der Waals surface area contributed by atoms with Gasteiger partial charge < -0.3 is 4.43 Å². The molecule has 0 N–H and O–H groups in total. The van der Waals surface area contributed by atoms with Gasteiger partial charge in [0.05, 0.1) is 0 Å². The number of allylic oxidation sites excluding steroid dienone is 4. The molecule has 2 aromatic carbocycles. The Morgan fingerprint density at radius 3 is 2.15 bits per heavy atom. The van der Waals surface area contributed by atoms with Gasteiger partial charge in [-0.05, 0) is 99.6 Å². The highest BCUT2D eigenvalue weighted by molar-refractivity contribution is 6.99. The molecule has 0 aliphatic heterocycles. The molecule has 3 heteroatoms. The second kappa shape index (κ2) is 10.5. The molecule has 0 radical (unpaired) electrons. The summed E-state index contributed by atoms with van der Waals surface area (Å²) in [5.41, 5.74) is 1.83. The first-order chi connectivity index (χ1) is 19.5. The summed E-state index contributed by atoms with van der Waals surface area (Å²) < 4.78 is 7.45. The lowest BCUT2D eigenvalue weighted by Crippen LogP contribution is -2.67. The van der Waals surface area contributed by atoms with Gasteiger partial charge in [-0.2, -0.15) is 0 Å². The predicted molar refractivity (Wildman–Crippen MR) is 173 cm³/mol. The lowest BCUT2D eigenvalue weighted by molar-refractivity contribution is -0.116. The Kier molecular flexibility index (Phi) is 7.38. The number of ketones is 1. The molecule has 0 amide bonds. The SMILES string of the molecule is C[C@H](CO[Si](c1ccccc1)(c1ccccc1)C(C)(C)C)[C@H]1CC[C@H]2[C@@H]3C=CC4=CC(=O)CC[C@]4(C)[C@H]3CC[C@]12C. The standard InChI is InChI=1S/C38H50O2Si/c1-27(26-40-41(36(2,3)4,30-13-9-7-10-14-30)31-15-11-8-12-16-31)33-19-20-34-32-18-17-28-25-29(39)21-23-37(28,5)35(32)22-24-38(33,34)6/h7-18,25,27,32-35H,19-24,26H2,1-6H3/t27-,32+,33-,34+,35+,37+,38-/m1/s1. The topological polar surface area (TPSA) is 26.3 Å². The molecule has 218 valence electrons. The quantitative estimate of drug-likeness (QED) is 0.330. The molecule has 0 unspecified atom stereocenters. The Morgan fingerprint density at radius 2 is 1.54 bits per heavy atom. The molecule has 0 spiro atoms. The summed E-state index contributed by atoms with van der Waals surface area (Å²) in [6, 6.07) is 22.2. The Labute approximate surface area is 249 Å².